The van der Waals surface area contributed by atoms with Gasteiger partial charge in [0.05, 0.1) is 12.6 Å². The molecular formula is C16H32ClN3O2. The highest BCUT2D eigenvalue weighted by atomic mass is 35.5. The Bertz CT molecular complexity index is 350. The molecule has 0 radical (unpaired) electrons. The molecule has 0 bridgehead atoms. The largest absolute Gasteiger partial charge is 0.355 e. The summed E-state index contributed by atoms with van der Waals surface area (Å²) in [5.74, 6) is 1.22. The first-order chi connectivity index (χ1) is 9.90. The second kappa shape index (κ2) is 10.8. The van der Waals surface area contributed by atoms with Gasteiger partial charge in [0.1, 0.15) is 0 Å². The highest BCUT2D eigenvalue weighted by molar-refractivity contribution is 5.87. The molecule has 1 aliphatic carbocycles. The Morgan fingerprint density at radius 1 is 1.23 bits per heavy atom. The van der Waals surface area contributed by atoms with E-state index in [-0.39, 0.29) is 36.7 Å². The molecule has 1 rings (SSSR count). The van der Waals surface area contributed by atoms with Gasteiger partial charge in [-0.25, -0.2) is 0 Å². The molecule has 0 aromatic rings. The Morgan fingerprint density at radius 3 is 2.50 bits per heavy atom. The van der Waals surface area contributed by atoms with Crippen LogP contribution in [0, 0.1) is 17.8 Å². The van der Waals surface area contributed by atoms with Crippen molar-refractivity contribution in [3.05, 3.63) is 0 Å². The number of hydrogen-bond donors (Lipinski definition) is 3. The molecule has 130 valence electrons. The van der Waals surface area contributed by atoms with Crippen molar-refractivity contribution < 1.29 is 9.59 Å². The molecule has 5 nitrogen and oxygen atoms in total. The van der Waals surface area contributed by atoms with Crippen LogP contribution in [0.2, 0.25) is 0 Å². The second-order valence-corrected chi connectivity index (χ2v) is 6.76. The van der Waals surface area contributed by atoms with Crippen LogP contribution in [0.4, 0.5) is 0 Å². The molecule has 1 saturated carbocycles. The minimum absolute atomic E-state index is 0. The van der Waals surface area contributed by atoms with Gasteiger partial charge in [0.25, 0.3) is 0 Å². The van der Waals surface area contributed by atoms with E-state index in [9.17, 15) is 9.59 Å². The van der Waals surface area contributed by atoms with Crippen molar-refractivity contribution in [2.24, 2.45) is 23.5 Å². The summed E-state index contributed by atoms with van der Waals surface area (Å²) >= 11 is 0. The van der Waals surface area contributed by atoms with Gasteiger partial charge in [0.2, 0.25) is 11.8 Å². The van der Waals surface area contributed by atoms with Crippen LogP contribution >= 0.6 is 12.4 Å². The van der Waals surface area contributed by atoms with Gasteiger partial charge in [-0.2, -0.15) is 0 Å². The lowest BCUT2D eigenvalue weighted by Crippen LogP contribution is -2.47. The van der Waals surface area contributed by atoms with Crippen molar-refractivity contribution in [1.82, 2.24) is 10.6 Å². The lowest BCUT2D eigenvalue weighted by atomic mass is 9.81. The topological polar surface area (TPSA) is 84.2 Å². The van der Waals surface area contributed by atoms with Gasteiger partial charge >= 0.3 is 0 Å². The fourth-order valence-corrected chi connectivity index (χ4v) is 2.89. The number of amides is 2. The van der Waals surface area contributed by atoms with Crippen LogP contribution in [-0.4, -0.2) is 30.9 Å². The molecule has 0 aromatic heterocycles. The van der Waals surface area contributed by atoms with Crippen molar-refractivity contribution in [2.75, 3.05) is 13.1 Å². The summed E-state index contributed by atoms with van der Waals surface area (Å²) in [6, 6.07) is -0.554. The average molecular weight is 334 g/mol. The Labute approximate surface area is 140 Å². The third-order valence-electron chi connectivity index (χ3n) is 4.36. The zero-order valence-corrected chi connectivity index (χ0v) is 14.9. The molecule has 2 unspecified atom stereocenters. The first-order valence-electron chi connectivity index (χ1n) is 8.20. The number of halogens is 1. The second-order valence-electron chi connectivity index (χ2n) is 6.76. The monoisotopic (exact) mass is 333 g/mol. The third kappa shape index (κ3) is 7.99. The van der Waals surface area contributed by atoms with E-state index in [4.69, 9.17) is 5.73 Å². The number of hydrogen-bond acceptors (Lipinski definition) is 3. The maximum atomic E-state index is 11.7. The maximum absolute atomic E-state index is 11.7. The number of carbonyl (C=O) groups is 2. The zero-order chi connectivity index (χ0) is 15.8. The van der Waals surface area contributed by atoms with E-state index in [2.05, 4.69) is 17.6 Å². The highest BCUT2D eigenvalue weighted by Gasteiger charge is 2.19. The van der Waals surface area contributed by atoms with E-state index in [1.165, 1.54) is 25.7 Å². The molecule has 1 aliphatic rings. The lowest BCUT2D eigenvalue weighted by Gasteiger charge is -2.26. The predicted octanol–water partition coefficient (Wildman–Crippen LogP) is 1.84. The molecule has 3 atom stereocenters. The summed E-state index contributed by atoms with van der Waals surface area (Å²) in [6.45, 7) is 6.78. The minimum Gasteiger partial charge on any atom is -0.355 e. The SMILES string of the molecule is CC1CCCC(CCNC(=O)CNC(=O)[C@@H](N)C(C)C)C1.Cl. The van der Waals surface area contributed by atoms with E-state index < -0.39 is 6.04 Å². The van der Waals surface area contributed by atoms with E-state index in [1.54, 1.807) is 0 Å². The van der Waals surface area contributed by atoms with Crippen LogP contribution in [0.15, 0.2) is 0 Å². The zero-order valence-electron chi connectivity index (χ0n) is 14.1. The highest BCUT2D eigenvalue weighted by Crippen LogP contribution is 2.30. The molecule has 22 heavy (non-hydrogen) atoms. The van der Waals surface area contributed by atoms with E-state index in [1.807, 2.05) is 13.8 Å². The number of carbonyl (C=O) groups excluding carboxylic acids is 2. The molecule has 0 heterocycles. The van der Waals surface area contributed by atoms with Crippen LogP contribution in [-0.2, 0) is 9.59 Å². The van der Waals surface area contributed by atoms with Gasteiger partial charge in [0.15, 0.2) is 0 Å². The summed E-state index contributed by atoms with van der Waals surface area (Å²) in [5.41, 5.74) is 5.71. The molecule has 6 heteroatoms. The normalized spacial score (nSPS) is 22.6. The van der Waals surface area contributed by atoms with Crippen molar-refractivity contribution in [3.8, 4) is 0 Å². The Morgan fingerprint density at radius 2 is 1.91 bits per heavy atom. The predicted molar refractivity (Wildman–Crippen MR) is 91.8 cm³/mol. The van der Waals surface area contributed by atoms with Crippen LogP contribution in [0.25, 0.3) is 0 Å². The van der Waals surface area contributed by atoms with Crippen LogP contribution in [0.3, 0.4) is 0 Å². The molecule has 0 aliphatic heterocycles. The van der Waals surface area contributed by atoms with Gasteiger partial charge in [0, 0.05) is 6.54 Å². The average Bonchev–Trinajstić information content (AvgIpc) is 2.44. The summed E-state index contributed by atoms with van der Waals surface area (Å²) in [4.78, 5) is 23.3. The van der Waals surface area contributed by atoms with E-state index >= 15 is 0 Å². The molecule has 0 aromatic carbocycles. The summed E-state index contributed by atoms with van der Waals surface area (Å²) in [6.07, 6.45) is 6.24. The minimum atomic E-state index is -0.554. The van der Waals surface area contributed by atoms with Crippen LogP contribution in [0.5, 0.6) is 0 Å². The molecule has 0 saturated heterocycles. The third-order valence-corrected chi connectivity index (χ3v) is 4.36. The van der Waals surface area contributed by atoms with Gasteiger partial charge in [-0.3, -0.25) is 9.59 Å². The summed E-state index contributed by atoms with van der Waals surface area (Å²) in [5, 5.41) is 5.46. The van der Waals surface area contributed by atoms with Gasteiger partial charge < -0.3 is 16.4 Å². The summed E-state index contributed by atoms with van der Waals surface area (Å²) < 4.78 is 0. The van der Waals surface area contributed by atoms with Crippen LogP contribution < -0.4 is 16.4 Å². The lowest BCUT2D eigenvalue weighted by molar-refractivity contribution is -0.127. The smallest absolute Gasteiger partial charge is 0.239 e. The molecule has 0 spiro atoms. The maximum Gasteiger partial charge on any atom is 0.239 e. The quantitative estimate of drug-likeness (QED) is 0.664. The van der Waals surface area contributed by atoms with Crippen molar-refractivity contribution in [1.29, 1.82) is 0 Å². The first-order valence-corrected chi connectivity index (χ1v) is 8.20. The van der Waals surface area contributed by atoms with Crippen molar-refractivity contribution in [3.63, 3.8) is 0 Å². The number of rotatable bonds is 7. The molecule has 2 amide bonds. The Kier molecular flexibility index (Phi) is 10.4. The van der Waals surface area contributed by atoms with E-state index in [0.29, 0.717) is 6.54 Å². The molecular weight excluding hydrogens is 302 g/mol. The van der Waals surface area contributed by atoms with Gasteiger partial charge in [-0.05, 0) is 30.6 Å². The van der Waals surface area contributed by atoms with E-state index in [0.717, 1.165) is 18.3 Å². The van der Waals surface area contributed by atoms with Gasteiger partial charge in [-0.1, -0.05) is 40.0 Å². The standard InChI is InChI=1S/C16H31N3O2.ClH/c1-11(2)15(17)16(21)19-10-14(20)18-8-7-13-6-4-5-12(3)9-13;/h11-13,15H,4-10,17H2,1-3H3,(H,18,20)(H,19,21);1H/t12?,13?,15-;/m0./s1. The Hall–Kier alpha value is -0.810. The van der Waals surface area contributed by atoms with Crippen LogP contribution in [0.1, 0.15) is 52.9 Å². The number of nitrogens with one attached hydrogen (secondary N) is 2. The van der Waals surface area contributed by atoms with Crippen molar-refractivity contribution >= 4 is 24.2 Å². The molecule has 1 fully saturated rings. The fraction of sp³-hybridized carbons (Fsp3) is 0.875. The Balaban J connectivity index is 0.00000441. The number of nitrogens with two attached hydrogens (primary N) is 1. The van der Waals surface area contributed by atoms with Crippen molar-refractivity contribution in [2.45, 2.75) is 58.9 Å². The first kappa shape index (κ1) is 21.2. The fourth-order valence-electron chi connectivity index (χ4n) is 2.89. The van der Waals surface area contributed by atoms with Gasteiger partial charge in [-0.15, -0.1) is 12.4 Å². The summed E-state index contributed by atoms with van der Waals surface area (Å²) in [7, 11) is 0. The molecule has 4 N–H and O–H groups in total.